The molecule has 0 aliphatic carbocycles. The van der Waals surface area contributed by atoms with E-state index < -0.39 is 5.69 Å². The molecule has 0 aliphatic rings. The Morgan fingerprint density at radius 1 is 1.14 bits per heavy atom. The van der Waals surface area contributed by atoms with Gasteiger partial charge in [-0.25, -0.2) is 9.48 Å². The largest absolute Gasteiger partial charge is 0.329 e. The number of benzene rings is 1. The van der Waals surface area contributed by atoms with Gasteiger partial charge in [0.2, 0.25) is 0 Å². The van der Waals surface area contributed by atoms with Crippen LogP contribution in [0, 0.1) is 6.92 Å². The van der Waals surface area contributed by atoms with E-state index in [0.29, 0.717) is 5.56 Å². The van der Waals surface area contributed by atoms with Crippen LogP contribution < -0.4 is 11.2 Å². The molecular formula is C14H13N5O2. The van der Waals surface area contributed by atoms with Gasteiger partial charge in [-0.1, -0.05) is 35.5 Å². The lowest BCUT2D eigenvalue weighted by molar-refractivity contribution is 0.507. The molecule has 0 atom stereocenters. The molecule has 2 aromatic heterocycles. The van der Waals surface area contributed by atoms with Crippen LogP contribution in [0.4, 0.5) is 0 Å². The van der Waals surface area contributed by atoms with Gasteiger partial charge in [0.15, 0.2) is 0 Å². The lowest BCUT2D eigenvalue weighted by atomic mass is 10.2. The summed E-state index contributed by atoms with van der Waals surface area (Å²) in [4.78, 5) is 25.3. The van der Waals surface area contributed by atoms with Crippen molar-refractivity contribution in [2.24, 2.45) is 0 Å². The fourth-order valence-electron chi connectivity index (χ4n) is 1.99. The number of nitrogens with zero attached hydrogens (tertiary/aromatic N) is 4. The fraction of sp³-hybridized carbons (Fsp3) is 0.143. The second kappa shape index (κ2) is 5.20. The minimum absolute atomic E-state index is 0.191. The second-order valence-corrected chi connectivity index (χ2v) is 4.69. The Morgan fingerprint density at radius 2 is 1.90 bits per heavy atom. The standard InChI is InChI=1S/C14H13N5O2/c1-10-7-18(14(21)15-13(10)20)9-19-8-12(16-17-19)11-5-3-2-4-6-11/h2-8H,9H2,1H3,(H,15,20,21). The summed E-state index contributed by atoms with van der Waals surface area (Å²) in [5.41, 5.74) is 1.30. The fourth-order valence-corrected chi connectivity index (χ4v) is 1.99. The van der Waals surface area contributed by atoms with Crippen molar-refractivity contribution in [1.82, 2.24) is 24.5 Å². The molecular weight excluding hydrogens is 270 g/mol. The Kier molecular flexibility index (Phi) is 3.23. The molecule has 106 valence electrons. The molecule has 0 saturated carbocycles. The van der Waals surface area contributed by atoms with Crippen LogP contribution in [0.3, 0.4) is 0 Å². The van der Waals surface area contributed by atoms with Crippen LogP contribution in [0.15, 0.2) is 52.3 Å². The van der Waals surface area contributed by atoms with Gasteiger partial charge in [-0.2, -0.15) is 0 Å². The second-order valence-electron chi connectivity index (χ2n) is 4.69. The van der Waals surface area contributed by atoms with Gasteiger partial charge in [0, 0.05) is 17.3 Å². The molecule has 2 heterocycles. The van der Waals surface area contributed by atoms with E-state index in [0.717, 1.165) is 11.3 Å². The van der Waals surface area contributed by atoms with Crippen molar-refractivity contribution in [1.29, 1.82) is 0 Å². The van der Waals surface area contributed by atoms with Crippen molar-refractivity contribution >= 4 is 0 Å². The maximum absolute atomic E-state index is 11.7. The van der Waals surface area contributed by atoms with E-state index in [2.05, 4.69) is 15.3 Å². The van der Waals surface area contributed by atoms with Crippen molar-refractivity contribution in [3.05, 3.63) is 69.1 Å². The first-order valence-electron chi connectivity index (χ1n) is 6.39. The third-order valence-corrected chi connectivity index (χ3v) is 3.09. The zero-order valence-corrected chi connectivity index (χ0v) is 11.4. The SMILES string of the molecule is Cc1cn(Cn2cc(-c3ccccc3)nn2)c(=O)[nH]c1=O. The number of aromatic amines is 1. The van der Waals surface area contributed by atoms with Gasteiger partial charge in [-0.05, 0) is 6.92 Å². The van der Waals surface area contributed by atoms with Crippen LogP contribution in [0.1, 0.15) is 5.56 Å². The summed E-state index contributed by atoms with van der Waals surface area (Å²) < 4.78 is 2.92. The molecule has 1 N–H and O–H groups in total. The van der Waals surface area contributed by atoms with Crippen LogP contribution >= 0.6 is 0 Å². The highest BCUT2D eigenvalue weighted by Crippen LogP contribution is 2.14. The normalized spacial score (nSPS) is 10.7. The van der Waals surface area contributed by atoms with E-state index in [-0.39, 0.29) is 12.2 Å². The third kappa shape index (κ3) is 2.66. The van der Waals surface area contributed by atoms with Gasteiger partial charge in [-0.15, -0.1) is 5.10 Å². The maximum Gasteiger partial charge on any atom is 0.329 e. The predicted octanol–water partition coefficient (Wildman–Crippen LogP) is 0.609. The van der Waals surface area contributed by atoms with Crippen LogP contribution in [0.5, 0.6) is 0 Å². The van der Waals surface area contributed by atoms with Crippen molar-refractivity contribution in [3.63, 3.8) is 0 Å². The number of aryl methyl sites for hydroxylation is 1. The predicted molar refractivity (Wildman–Crippen MR) is 76.9 cm³/mol. The van der Waals surface area contributed by atoms with Crippen LogP contribution in [0.2, 0.25) is 0 Å². The molecule has 0 radical (unpaired) electrons. The molecule has 3 aromatic rings. The van der Waals surface area contributed by atoms with E-state index in [1.54, 1.807) is 17.8 Å². The summed E-state index contributed by atoms with van der Waals surface area (Å²) in [7, 11) is 0. The van der Waals surface area contributed by atoms with Crippen molar-refractivity contribution in [3.8, 4) is 11.3 Å². The number of rotatable bonds is 3. The summed E-state index contributed by atoms with van der Waals surface area (Å²) in [6.45, 7) is 1.84. The Bertz CT molecular complexity index is 876. The van der Waals surface area contributed by atoms with Gasteiger partial charge < -0.3 is 0 Å². The average molecular weight is 283 g/mol. The minimum atomic E-state index is -0.470. The highest BCUT2D eigenvalue weighted by Gasteiger charge is 2.05. The molecule has 0 spiro atoms. The van der Waals surface area contributed by atoms with Crippen LogP contribution in [-0.2, 0) is 6.67 Å². The van der Waals surface area contributed by atoms with Gasteiger partial charge in [0.05, 0.1) is 6.20 Å². The van der Waals surface area contributed by atoms with Gasteiger partial charge in [0.1, 0.15) is 12.4 Å². The molecule has 1 aromatic carbocycles. The maximum atomic E-state index is 11.7. The Labute approximate surface area is 119 Å². The lowest BCUT2D eigenvalue weighted by Gasteiger charge is -2.04. The summed E-state index contributed by atoms with van der Waals surface area (Å²) in [5.74, 6) is 0. The molecule has 0 bridgehead atoms. The minimum Gasteiger partial charge on any atom is -0.280 e. The van der Waals surface area contributed by atoms with E-state index in [4.69, 9.17) is 0 Å². The summed E-state index contributed by atoms with van der Waals surface area (Å²) >= 11 is 0. The van der Waals surface area contributed by atoms with Crippen molar-refractivity contribution < 1.29 is 0 Å². The summed E-state index contributed by atoms with van der Waals surface area (Å²) in [5, 5.41) is 8.07. The Balaban J connectivity index is 1.90. The molecule has 21 heavy (non-hydrogen) atoms. The molecule has 7 nitrogen and oxygen atoms in total. The van der Waals surface area contributed by atoms with Gasteiger partial charge in [0.25, 0.3) is 5.56 Å². The molecule has 0 unspecified atom stereocenters. The first kappa shape index (κ1) is 13.0. The third-order valence-electron chi connectivity index (χ3n) is 3.09. The van der Waals surface area contributed by atoms with Crippen LogP contribution in [0.25, 0.3) is 11.3 Å². The van der Waals surface area contributed by atoms with E-state index in [1.807, 2.05) is 30.3 Å². The summed E-state index contributed by atoms with van der Waals surface area (Å²) in [6, 6.07) is 9.64. The average Bonchev–Trinajstić information content (AvgIpc) is 2.94. The monoisotopic (exact) mass is 283 g/mol. The molecule has 3 rings (SSSR count). The zero-order chi connectivity index (χ0) is 14.8. The Morgan fingerprint density at radius 3 is 2.67 bits per heavy atom. The number of aromatic nitrogens is 5. The first-order chi connectivity index (χ1) is 10.1. The highest BCUT2D eigenvalue weighted by atomic mass is 16.2. The smallest absolute Gasteiger partial charge is 0.280 e. The van der Waals surface area contributed by atoms with Crippen LogP contribution in [-0.4, -0.2) is 24.5 Å². The lowest BCUT2D eigenvalue weighted by Crippen LogP contribution is -2.32. The number of hydrogen-bond donors (Lipinski definition) is 1. The quantitative estimate of drug-likeness (QED) is 0.763. The van der Waals surface area contributed by atoms with Crippen molar-refractivity contribution in [2.45, 2.75) is 13.6 Å². The molecule has 0 fully saturated rings. The number of H-pyrrole nitrogens is 1. The summed E-state index contributed by atoms with van der Waals surface area (Å²) in [6.07, 6.45) is 3.26. The van der Waals surface area contributed by atoms with E-state index in [1.165, 1.54) is 10.8 Å². The first-order valence-corrected chi connectivity index (χ1v) is 6.39. The van der Waals surface area contributed by atoms with Gasteiger partial charge >= 0.3 is 5.69 Å². The number of hydrogen-bond acceptors (Lipinski definition) is 4. The van der Waals surface area contributed by atoms with Crippen molar-refractivity contribution in [2.75, 3.05) is 0 Å². The zero-order valence-electron chi connectivity index (χ0n) is 11.4. The Hall–Kier alpha value is -2.96. The topological polar surface area (TPSA) is 85.6 Å². The molecule has 0 amide bonds. The number of nitrogens with one attached hydrogen (secondary N) is 1. The van der Waals surface area contributed by atoms with E-state index >= 15 is 0 Å². The molecule has 0 saturated heterocycles. The molecule has 0 aliphatic heterocycles. The van der Waals surface area contributed by atoms with E-state index in [9.17, 15) is 9.59 Å². The molecule has 7 heteroatoms. The highest BCUT2D eigenvalue weighted by molar-refractivity contribution is 5.57. The van der Waals surface area contributed by atoms with Gasteiger partial charge in [-0.3, -0.25) is 14.3 Å².